The summed E-state index contributed by atoms with van der Waals surface area (Å²) in [4.78, 5) is 24.3. The summed E-state index contributed by atoms with van der Waals surface area (Å²) in [5.74, 6) is -0.247. The minimum Gasteiger partial charge on any atom is -0.412 e. The van der Waals surface area contributed by atoms with Crippen LogP contribution in [-0.4, -0.2) is 22.8 Å². The van der Waals surface area contributed by atoms with Crippen molar-refractivity contribution in [2.45, 2.75) is 38.5 Å². The molecule has 0 fully saturated rings. The quantitative estimate of drug-likeness (QED) is 0.406. The van der Waals surface area contributed by atoms with Crippen LogP contribution < -0.4 is 16.4 Å². The first-order valence-electron chi connectivity index (χ1n) is 9.41. The predicted octanol–water partition coefficient (Wildman–Crippen LogP) is 4.26. The molecule has 0 atom stereocenters. The average Bonchev–Trinajstić information content (AvgIpc) is 3.09. The number of hydrogen-bond acceptors (Lipinski definition) is 4. The second-order valence-electron chi connectivity index (χ2n) is 6.30. The van der Waals surface area contributed by atoms with Gasteiger partial charge in [0, 0.05) is 31.8 Å². The molecule has 176 valence electrons. The summed E-state index contributed by atoms with van der Waals surface area (Å²) in [6.45, 7) is 9.56. The SMILES string of the molecule is C=C/C(N)=C\C.CCC.O.O.O=C1Cc2ccc(C(=O)Nc3ccc(S)cc3)cc2N1.[HH].[HH].[HH]. The Kier molecular flexibility index (Phi) is 15.3. The van der Waals surface area contributed by atoms with Gasteiger partial charge in [0.25, 0.3) is 5.91 Å². The highest BCUT2D eigenvalue weighted by molar-refractivity contribution is 7.80. The Balaban J connectivity index is -0.000000175. The maximum Gasteiger partial charge on any atom is 0.255 e. The minimum atomic E-state index is -0.208. The number of fused-ring (bicyclic) bond motifs is 1. The van der Waals surface area contributed by atoms with E-state index in [2.05, 4.69) is 43.7 Å². The van der Waals surface area contributed by atoms with Crippen LogP contribution >= 0.6 is 12.6 Å². The Morgan fingerprint density at radius 1 is 1.23 bits per heavy atom. The van der Waals surface area contributed by atoms with Crippen LogP contribution in [-0.2, 0) is 11.2 Å². The standard InChI is InChI=1S/C15H12N2O2S.C5H9N.C3H8.2H2O.3H2/c18-14-8-9-1-2-10(7-13(9)17-14)15(19)16-11-3-5-12(20)6-4-11;1-3-5(6)4-2;1-3-2;;;;;/h1-7,20H,8H2,(H,16,19)(H,17,18);3-4H,1,6H2,2H3;3H2,1-2H3;2*1H2;3*1H/b;5-4+;;;;;;. The number of carbonyl (C=O) groups excluding carboxylic acids is 2. The third kappa shape index (κ3) is 10.5. The zero-order valence-electron chi connectivity index (χ0n) is 18.2. The van der Waals surface area contributed by atoms with Crippen molar-refractivity contribution in [2.24, 2.45) is 5.73 Å². The van der Waals surface area contributed by atoms with Crippen molar-refractivity contribution >= 4 is 35.8 Å². The third-order valence-electron chi connectivity index (χ3n) is 3.69. The number of anilines is 2. The highest BCUT2D eigenvalue weighted by atomic mass is 32.1. The summed E-state index contributed by atoms with van der Waals surface area (Å²) in [7, 11) is 0. The van der Waals surface area contributed by atoms with Gasteiger partial charge in [-0.05, 0) is 55.0 Å². The number of amides is 2. The van der Waals surface area contributed by atoms with E-state index in [9.17, 15) is 9.59 Å². The molecular weight excluding hydrogens is 414 g/mol. The van der Waals surface area contributed by atoms with Gasteiger partial charge in [-0.3, -0.25) is 9.59 Å². The van der Waals surface area contributed by atoms with E-state index >= 15 is 0 Å². The number of thiol groups is 1. The monoisotopic (exact) mass is 453 g/mol. The molecule has 0 spiro atoms. The van der Waals surface area contributed by atoms with Crippen molar-refractivity contribution in [3.05, 3.63) is 78.0 Å². The van der Waals surface area contributed by atoms with Gasteiger partial charge in [0.1, 0.15) is 0 Å². The lowest BCUT2D eigenvalue weighted by Gasteiger charge is -2.07. The highest BCUT2D eigenvalue weighted by Gasteiger charge is 2.19. The van der Waals surface area contributed by atoms with E-state index in [4.69, 9.17) is 5.73 Å². The van der Waals surface area contributed by atoms with Gasteiger partial charge in [0.15, 0.2) is 0 Å². The molecule has 1 heterocycles. The molecule has 31 heavy (non-hydrogen) atoms. The van der Waals surface area contributed by atoms with Gasteiger partial charge in [-0.1, -0.05) is 39.0 Å². The van der Waals surface area contributed by atoms with E-state index in [1.165, 1.54) is 6.42 Å². The maximum absolute atomic E-state index is 12.1. The summed E-state index contributed by atoms with van der Waals surface area (Å²) < 4.78 is 0. The molecule has 7 nitrogen and oxygen atoms in total. The van der Waals surface area contributed by atoms with Crippen molar-refractivity contribution in [3.63, 3.8) is 0 Å². The first-order valence-corrected chi connectivity index (χ1v) is 9.86. The highest BCUT2D eigenvalue weighted by Crippen LogP contribution is 2.24. The summed E-state index contributed by atoms with van der Waals surface area (Å²) in [6, 6.07) is 12.4. The molecule has 8 heteroatoms. The number of nitrogens with two attached hydrogens (primary N) is 1. The molecule has 3 rings (SSSR count). The lowest BCUT2D eigenvalue weighted by atomic mass is 10.1. The number of allylic oxidation sites excluding steroid dienone is 2. The lowest BCUT2D eigenvalue weighted by Crippen LogP contribution is -2.12. The number of benzene rings is 2. The van der Waals surface area contributed by atoms with Crippen molar-refractivity contribution in [3.8, 4) is 0 Å². The molecular formula is C23H39N3O4S. The Hall–Kier alpha value is -3.07. The molecule has 0 radical (unpaired) electrons. The lowest BCUT2D eigenvalue weighted by molar-refractivity contribution is -0.115. The van der Waals surface area contributed by atoms with E-state index in [-0.39, 0.29) is 27.0 Å². The van der Waals surface area contributed by atoms with E-state index in [1.54, 1.807) is 42.5 Å². The fourth-order valence-corrected chi connectivity index (χ4v) is 2.37. The Labute approximate surface area is 193 Å². The summed E-state index contributed by atoms with van der Waals surface area (Å²) in [6.07, 6.45) is 5.04. The molecule has 0 saturated carbocycles. The van der Waals surface area contributed by atoms with Gasteiger partial charge >= 0.3 is 0 Å². The Morgan fingerprint density at radius 2 is 1.81 bits per heavy atom. The molecule has 0 aromatic heterocycles. The molecule has 2 amide bonds. The van der Waals surface area contributed by atoms with Crippen molar-refractivity contribution in [1.29, 1.82) is 0 Å². The Morgan fingerprint density at radius 3 is 2.29 bits per heavy atom. The number of rotatable bonds is 3. The van der Waals surface area contributed by atoms with Gasteiger partial charge in [-0.15, -0.1) is 12.6 Å². The van der Waals surface area contributed by atoms with E-state index in [0.29, 0.717) is 23.4 Å². The first kappa shape index (κ1) is 30.1. The summed E-state index contributed by atoms with van der Waals surface area (Å²) in [5.41, 5.74) is 8.81. The number of carbonyl (C=O) groups is 2. The van der Waals surface area contributed by atoms with Crippen molar-refractivity contribution in [1.82, 2.24) is 0 Å². The van der Waals surface area contributed by atoms with Crippen LogP contribution in [0, 0.1) is 0 Å². The number of nitrogens with one attached hydrogen (secondary N) is 2. The Bertz CT molecular complexity index is 896. The zero-order valence-corrected chi connectivity index (χ0v) is 19.1. The van der Waals surface area contributed by atoms with E-state index < -0.39 is 0 Å². The largest absolute Gasteiger partial charge is 0.412 e. The predicted molar refractivity (Wildman–Crippen MR) is 138 cm³/mol. The topological polar surface area (TPSA) is 147 Å². The van der Waals surface area contributed by atoms with Crippen LogP contribution in [0.3, 0.4) is 0 Å². The molecule has 0 aliphatic carbocycles. The van der Waals surface area contributed by atoms with Gasteiger partial charge in [-0.2, -0.15) is 0 Å². The summed E-state index contributed by atoms with van der Waals surface area (Å²) >= 11 is 4.19. The van der Waals surface area contributed by atoms with Gasteiger partial charge in [0.2, 0.25) is 5.91 Å². The van der Waals surface area contributed by atoms with Crippen LogP contribution in [0.15, 0.2) is 71.8 Å². The second kappa shape index (κ2) is 15.7. The number of hydrogen-bond donors (Lipinski definition) is 4. The molecule has 1 aliphatic rings. The van der Waals surface area contributed by atoms with Gasteiger partial charge < -0.3 is 27.3 Å². The third-order valence-corrected chi connectivity index (χ3v) is 3.99. The van der Waals surface area contributed by atoms with Crippen LogP contribution in [0.25, 0.3) is 0 Å². The first-order chi connectivity index (χ1) is 13.8. The molecule has 2 aromatic rings. The molecule has 1 aliphatic heterocycles. The summed E-state index contributed by atoms with van der Waals surface area (Å²) in [5, 5.41) is 5.54. The smallest absolute Gasteiger partial charge is 0.255 e. The molecule has 8 N–H and O–H groups in total. The maximum atomic E-state index is 12.1. The van der Waals surface area contributed by atoms with Gasteiger partial charge in [0.05, 0.1) is 6.42 Å². The average molecular weight is 454 g/mol. The molecule has 0 bridgehead atoms. The fraction of sp³-hybridized carbons (Fsp3) is 0.217. The van der Waals surface area contributed by atoms with Crippen LogP contribution in [0.1, 0.15) is 47.4 Å². The normalized spacial score (nSPS) is 11.0. The fourth-order valence-electron chi connectivity index (χ4n) is 2.22. The van der Waals surface area contributed by atoms with Crippen molar-refractivity contribution < 1.29 is 24.8 Å². The minimum absolute atomic E-state index is 0. The second-order valence-corrected chi connectivity index (χ2v) is 6.81. The van der Waals surface area contributed by atoms with Crippen molar-refractivity contribution in [2.75, 3.05) is 10.6 Å². The molecule has 0 unspecified atom stereocenters. The zero-order chi connectivity index (χ0) is 21.8. The molecule has 2 aromatic carbocycles. The van der Waals surface area contributed by atoms with Crippen LogP contribution in [0.5, 0.6) is 0 Å². The van der Waals surface area contributed by atoms with Crippen LogP contribution in [0.2, 0.25) is 0 Å². The van der Waals surface area contributed by atoms with Gasteiger partial charge in [-0.25, -0.2) is 0 Å². The van der Waals surface area contributed by atoms with E-state index in [1.807, 2.05) is 19.1 Å². The molecule has 0 saturated heterocycles. The van der Waals surface area contributed by atoms with Crippen LogP contribution in [0.4, 0.5) is 11.4 Å². The van der Waals surface area contributed by atoms with E-state index in [0.717, 1.165) is 16.2 Å².